The van der Waals surface area contributed by atoms with E-state index in [1.165, 1.54) is 18.3 Å². The van der Waals surface area contributed by atoms with Gasteiger partial charge in [-0.3, -0.25) is 9.59 Å². The summed E-state index contributed by atoms with van der Waals surface area (Å²) in [4.78, 5) is 41.2. The summed E-state index contributed by atoms with van der Waals surface area (Å²) < 4.78 is 0. The highest BCUT2D eigenvalue weighted by Gasteiger charge is 2.41. The van der Waals surface area contributed by atoms with Gasteiger partial charge in [0.15, 0.2) is 0 Å². The Bertz CT molecular complexity index is 842. The molecule has 1 fully saturated rings. The molecule has 1 aliphatic heterocycles. The van der Waals surface area contributed by atoms with Crippen LogP contribution in [0.25, 0.3) is 0 Å². The van der Waals surface area contributed by atoms with Crippen LogP contribution in [0.1, 0.15) is 16.8 Å². The molecule has 0 spiro atoms. The zero-order chi connectivity index (χ0) is 17.3. The van der Waals surface area contributed by atoms with E-state index in [-0.39, 0.29) is 22.9 Å². The molecule has 2 amide bonds. The predicted molar refractivity (Wildman–Crippen MR) is 89.4 cm³/mol. The number of hydrogen-bond donors (Lipinski definition) is 1. The number of aromatic carboxylic acids is 1. The molecule has 1 aromatic heterocycles. The van der Waals surface area contributed by atoms with Crippen LogP contribution in [-0.2, 0) is 9.59 Å². The number of imide groups is 1. The number of carbonyl (C=O) groups is 3. The van der Waals surface area contributed by atoms with Gasteiger partial charge in [-0.05, 0) is 24.3 Å². The number of rotatable bonds is 4. The minimum Gasteiger partial charge on any atom is -0.478 e. The van der Waals surface area contributed by atoms with Crippen LogP contribution in [0, 0.1) is 0 Å². The van der Waals surface area contributed by atoms with Gasteiger partial charge < -0.3 is 5.11 Å². The number of thioether (sulfide) groups is 1. The van der Waals surface area contributed by atoms with Crippen LogP contribution < -0.4 is 4.90 Å². The summed E-state index contributed by atoms with van der Waals surface area (Å²) in [6.45, 7) is 0. The van der Waals surface area contributed by atoms with E-state index in [2.05, 4.69) is 4.98 Å². The molecule has 1 saturated heterocycles. The summed E-state index contributed by atoms with van der Waals surface area (Å²) in [5.74, 6) is -1.94. The Balaban J connectivity index is 1.88. The van der Waals surface area contributed by atoms with Crippen molar-refractivity contribution in [1.82, 2.24) is 4.98 Å². The molecular weight excluding hydrogens is 352 g/mol. The molecule has 0 aliphatic carbocycles. The largest absolute Gasteiger partial charge is 0.478 e. The number of hydrogen-bond acceptors (Lipinski definition) is 5. The minimum absolute atomic E-state index is 0.000979. The molecule has 6 nitrogen and oxygen atoms in total. The van der Waals surface area contributed by atoms with Gasteiger partial charge in [0.25, 0.3) is 0 Å². The van der Waals surface area contributed by atoms with Gasteiger partial charge in [-0.2, -0.15) is 0 Å². The number of carboxylic acid groups (broad SMARTS) is 1. The van der Waals surface area contributed by atoms with Crippen molar-refractivity contribution >= 4 is 46.8 Å². The van der Waals surface area contributed by atoms with Crippen LogP contribution in [-0.4, -0.2) is 33.1 Å². The lowest BCUT2D eigenvalue weighted by atomic mass is 10.3. The average Bonchev–Trinajstić information content (AvgIpc) is 2.82. The van der Waals surface area contributed by atoms with Gasteiger partial charge in [0.2, 0.25) is 11.8 Å². The lowest BCUT2D eigenvalue weighted by Crippen LogP contribution is -2.31. The fourth-order valence-electron chi connectivity index (χ4n) is 2.36. The highest BCUT2D eigenvalue weighted by atomic mass is 35.5. The maximum atomic E-state index is 12.6. The maximum absolute atomic E-state index is 12.6. The molecule has 0 bridgehead atoms. The third kappa shape index (κ3) is 3.00. The third-order valence-electron chi connectivity index (χ3n) is 3.45. The van der Waals surface area contributed by atoms with Crippen molar-refractivity contribution < 1.29 is 19.5 Å². The monoisotopic (exact) mass is 362 g/mol. The van der Waals surface area contributed by atoms with E-state index in [9.17, 15) is 19.5 Å². The second kappa shape index (κ2) is 6.62. The van der Waals surface area contributed by atoms with Crippen molar-refractivity contribution in [3.8, 4) is 0 Å². The number of nitrogens with zero attached hydrogens (tertiary/aromatic N) is 2. The number of carbonyl (C=O) groups excluding carboxylic acids is 2. The van der Waals surface area contributed by atoms with Crippen molar-refractivity contribution in [3.05, 3.63) is 53.2 Å². The molecule has 1 aliphatic rings. The number of anilines is 1. The van der Waals surface area contributed by atoms with E-state index >= 15 is 0 Å². The van der Waals surface area contributed by atoms with E-state index in [1.54, 1.807) is 24.3 Å². The molecule has 2 aromatic rings. The topological polar surface area (TPSA) is 87.6 Å². The molecule has 0 saturated carbocycles. The number of halogens is 1. The first kappa shape index (κ1) is 16.5. The lowest BCUT2D eigenvalue weighted by Gasteiger charge is -2.16. The Morgan fingerprint density at radius 3 is 2.71 bits per heavy atom. The predicted octanol–water partition coefficient (Wildman–Crippen LogP) is 2.86. The van der Waals surface area contributed by atoms with Crippen molar-refractivity contribution in [3.63, 3.8) is 0 Å². The molecule has 1 atom stereocenters. The fraction of sp³-hybridized carbons (Fsp3) is 0.125. The molecule has 1 N–H and O–H groups in total. The summed E-state index contributed by atoms with van der Waals surface area (Å²) in [5, 5.41) is 8.96. The van der Waals surface area contributed by atoms with E-state index in [0.717, 1.165) is 16.7 Å². The standard InChI is InChI=1S/C16H11ClN2O4S/c17-10-5-1-2-6-11(10)19-13(20)8-12(15(19)21)24-14-9(16(22)23)4-3-7-18-14/h1-7,12H,8H2,(H,22,23)/t12-/m0/s1. The molecular formula is C16H11ClN2O4S. The van der Waals surface area contributed by atoms with Crippen LogP contribution in [0.3, 0.4) is 0 Å². The first-order valence-corrected chi connectivity index (χ1v) is 8.21. The van der Waals surface area contributed by atoms with Crippen LogP contribution in [0.15, 0.2) is 47.6 Å². The summed E-state index contributed by atoms with van der Waals surface area (Å²) in [7, 11) is 0. The lowest BCUT2D eigenvalue weighted by molar-refractivity contribution is -0.121. The smallest absolute Gasteiger partial charge is 0.338 e. The molecule has 2 heterocycles. The molecule has 1 aromatic carbocycles. The summed E-state index contributed by atoms with van der Waals surface area (Å²) in [6, 6.07) is 9.49. The Morgan fingerprint density at radius 1 is 1.25 bits per heavy atom. The van der Waals surface area contributed by atoms with Gasteiger partial charge in [0.1, 0.15) is 5.03 Å². The number of amides is 2. The van der Waals surface area contributed by atoms with Gasteiger partial charge in [0, 0.05) is 12.6 Å². The minimum atomic E-state index is -1.13. The van der Waals surface area contributed by atoms with Gasteiger partial charge in [-0.25, -0.2) is 14.7 Å². The Labute approximate surface area is 146 Å². The normalized spacial score (nSPS) is 17.4. The highest BCUT2D eigenvalue weighted by Crippen LogP contribution is 2.36. The van der Waals surface area contributed by atoms with Crippen molar-refractivity contribution in [1.29, 1.82) is 0 Å². The second-order valence-corrected chi connectivity index (χ2v) is 6.59. The molecule has 24 heavy (non-hydrogen) atoms. The summed E-state index contributed by atoms with van der Waals surface area (Å²) in [5.41, 5.74) is 0.329. The zero-order valence-electron chi connectivity index (χ0n) is 12.2. The van der Waals surface area contributed by atoms with Gasteiger partial charge in [0.05, 0.1) is 21.5 Å². The van der Waals surface area contributed by atoms with Crippen LogP contribution in [0.2, 0.25) is 5.02 Å². The molecule has 0 unspecified atom stereocenters. The first-order valence-electron chi connectivity index (χ1n) is 6.95. The number of para-hydroxylation sites is 1. The van der Waals surface area contributed by atoms with Crippen LogP contribution in [0.5, 0.6) is 0 Å². The summed E-state index contributed by atoms with van der Waals surface area (Å²) >= 11 is 7.04. The Hall–Kier alpha value is -2.38. The third-order valence-corrected chi connectivity index (χ3v) is 4.98. The fourth-order valence-corrected chi connectivity index (χ4v) is 3.69. The first-order chi connectivity index (χ1) is 11.5. The number of aromatic nitrogens is 1. The van der Waals surface area contributed by atoms with E-state index < -0.39 is 17.1 Å². The van der Waals surface area contributed by atoms with Crippen molar-refractivity contribution in [2.24, 2.45) is 0 Å². The van der Waals surface area contributed by atoms with E-state index in [1.807, 2.05) is 0 Å². The van der Waals surface area contributed by atoms with E-state index in [0.29, 0.717) is 10.7 Å². The van der Waals surface area contributed by atoms with Gasteiger partial charge in [-0.1, -0.05) is 35.5 Å². The highest BCUT2D eigenvalue weighted by molar-refractivity contribution is 8.00. The van der Waals surface area contributed by atoms with E-state index in [4.69, 9.17) is 11.6 Å². The zero-order valence-corrected chi connectivity index (χ0v) is 13.8. The average molecular weight is 363 g/mol. The molecule has 122 valence electrons. The quantitative estimate of drug-likeness (QED) is 0.841. The number of carboxylic acids is 1. The van der Waals surface area contributed by atoms with Crippen LogP contribution >= 0.6 is 23.4 Å². The van der Waals surface area contributed by atoms with Crippen molar-refractivity contribution in [2.75, 3.05) is 4.90 Å². The van der Waals surface area contributed by atoms with Gasteiger partial charge in [-0.15, -0.1) is 0 Å². The number of pyridine rings is 1. The second-order valence-electron chi connectivity index (χ2n) is 4.99. The van der Waals surface area contributed by atoms with Crippen molar-refractivity contribution in [2.45, 2.75) is 16.7 Å². The molecule has 8 heteroatoms. The molecule has 3 rings (SSSR count). The Kier molecular flexibility index (Phi) is 4.55. The van der Waals surface area contributed by atoms with Crippen LogP contribution in [0.4, 0.5) is 5.69 Å². The molecule has 0 radical (unpaired) electrons. The maximum Gasteiger partial charge on any atom is 0.338 e. The Morgan fingerprint density at radius 2 is 2.00 bits per heavy atom. The SMILES string of the molecule is O=C(O)c1cccnc1S[C@H]1CC(=O)N(c2ccccc2Cl)C1=O. The number of benzene rings is 1. The summed E-state index contributed by atoms with van der Waals surface area (Å²) in [6.07, 6.45) is 1.41. The van der Waals surface area contributed by atoms with Gasteiger partial charge >= 0.3 is 5.97 Å².